The summed E-state index contributed by atoms with van der Waals surface area (Å²) >= 11 is 0. The predicted octanol–water partition coefficient (Wildman–Crippen LogP) is -1.19. The van der Waals surface area contributed by atoms with Gasteiger partial charge < -0.3 is 21.3 Å². The Morgan fingerprint density at radius 3 is 2.25 bits per heavy atom. The molecule has 0 aliphatic rings. The average molecular weight is 280 g/mol. The van der Waals surface area contributed by atoms with Gasteiger partial charge in [-0.3, -0.25) is 9.59 Å². The molecule has 0 bridgehead atoms. The van der Waals surface area contributed by atoms with Crippen LogP contribution < -0.4 is 16.4 Å². The number of hydrogen-bond acceptors (Lipinski definition) is 4. The lowest BCUT2D eigenvalue weighted by Crippen LogP contribution is -2.61. The molecule has 0 spiro atoms. The van der Waals surface area contributed by atoms with Crippen molar-refractivity contribution in [1.29, 1.82) is 0 Å². The maximum absolute atomic E-state index is 11.8. The first-order valence-corrected chi connectivity index (χ1v) is 5.96. The molecule has 0 heterocycles. The Kier molecular flexibility index (Phi) is 4.83. The van der Waals surface area contributed by atoms with E-state index in [4.69, 9.17) is 5.73 Å². The van der Waals surface area contributed by atoms with Crippen molar-refractivity contribution in [3.05, 3.63) is 35.9 Å². The fraction of sp³-hybridized carbons (Fsp3) is 0.385. The average Bonchev–Trinajstić information content (AvgIpc) is 2.35. The second-order valence-corrected chi connectivity index (χ2v) is 4.69. The van der Waals surface area contributed by atoms with Crippen LogP contribution in [0.3, 0.4) is 0 Å². The number of rotatable bonds is 6. The van der Waals surface area contributed by atoms with E-state index < -0.39 is 23.3 Å². The molecule has 0 saturated carbocycles. The Morgan fingerprint density at radius 1 is 1.20 bits per heavy atom. The fourth-order valence-electron chi connectivity index (χ4n) is 1.48. The minimum absolute atomic E-state index is 0.185. The van der Waals surface area contributed by atoms with Crippen LogP contribution in [0.5, 0.6) is 0 Å². The maximum Gasteiger partial charge on any atom is 0.268 e. The van der Waals surface area contributed by atoms with Gasteiger partial charge in [0.15, 0.2) is 0 Å². The SMILES string of the molecule is CC(O)([N]C(C)(O)C(=O)NCc1ccccc1)C(N)=O. The second kappa shape index (κ2) is 6.00. The summed E-state index contributed by atoms with van der Waals surface area (Å²) in [5.41, 5.74) is 1.15. The van der Waals surface area contributed by atoms with Gasteiger partial charge in [0.05, 0.1) is 0 Å². The molecule has 1 aromatic rings. The summed E-state index contributed by atoms with van der Waals surface area (Å²) in [5.74, 6) is -2.00. The van der Waals surface area contributed by atoms with E-state index in [2.05, 4.69) is 10.6 Å². The lowest BCUT2D eigenvalue weighted by Gasteiger charge is -2.29. The topological polar surface area (TPSA) is 127 Å². The van der Waals surface area contributed by atoms with Gasteiger partial charge in [-0.1, -0.05) is 30.3 Å². The Bertz CT molecular complexity index is 486. The van der Waals surface area contributed by atoms with Gasteiger partial charge in [0.2, 0.25) is 11.4 Å². The number of carbonyl (C=O) groups excluding carboxylic acids is 2. The zero-order valence-electron chi connectivity index (χ0n) is 11.3. The van der Waals surface area contributed by atoms with Gasteiger partial charge in [-0.15, -0.1) is 0 Å². The first-order valence-electron chi connectivity index (χ1n) is 5.96. The Hall–Kier alpha value is -1.96. The number of amides is 2. The Balaban J connectivity index is 2.63. The molecule has 5 N–H and O–H groups in total. The zero-order valence-corrected chi connectivity index (χ0v) is 11.3. The number of primary amides is 1. The monoisotopic (exact) mass is 280 g/mol. The Labute approximate surface area is 116 Å². The summed E-state index contributed by atoms with van der Waals surface area (Å²) in [4.78, 5) is 22.8. The first-order chi connectivity index (χ1) is 9.15. The van der Waals surface area contributed by atoms with Crippen LogP contribution in [0.25, 0.3) is 0 Å². The van der Waals surface area contributed by atoms with E-state index in [1.54, 1.807) is 12.1 Å². The Morgan fingerprint density at radius 2 is 1.75 bits per heavy atom. The molecule has 2 unspecified atom stereocenters. The van der Waals surface area contributed by atoms with Crippen molar-refractivity contribution in [2.45, 2.75) is 31.8 Å². The number of nitrogens with zero attached hydrogens (tertiary/aromatic N) is 1. The maximum atomic E-state index is 11.8. The molecular weight excluding hydrogens is 262 g/mol. The van der Waals surface area contributed by atoms with E-state index in [1.807, 2.05) is 18.2 Å². The van der Waals surface area contributed by atoms with Gasteiger partial charge in [0, 0.05) is 6.54 Å². The number of benzene rings is 1. The summed E-state index contributed by atoms with van der Waals surface area (Å²) in [5, 5.41) is 25.3. The van der Waals surface area contributed by atoms with E-state index in [1.165, 1.54) is 0 Å². The summed E-state index contributed by atoms with van der Waals surface area (Å²) in [6, 6.07) is 9.04. The van der Waals surface area contributed by atoms with Gasteiger partial charge in [-0.05, 0) is 19.4 Å². The van der Waals surface area contributed by atoms with Crippen LogP contribution in [0.2, 0.25) is 0 Å². The molecule has 7 nitrogen and oxygen atoms in total. The molecular formula is C13H18N3O4. The van der Waals surface area contributed by atoms with Gasteiger partial charge in [0.25, 0.3) is 11.8 Å². The molecule has 1 rings (SSSR count). The smallest absolute Gasteiger partial charge is 0.268 e. The molecule has 2 atom stereocenters. The van der Waals surface area contributed by atoms with Gasteiger partial charge in [0.1, 0.15) is 0 Å². The quantitative estimate of drug-likeness (QED) is 0.522. The highest BCUT2D eigenvalue weighted by atomic mass is 16.4. The highest BCUT2D eigenvalue weighted by molar-refractivity contribution is 5.87. The minimum Gasteiger partial charge on any atom is -0.366 e. The summed E-state index contributed by atoms with van der Waals surface area (Å²) in [6.45, 7) is 2.24. The minimum atomic E-state index is -2.33. The molecule has 20 heavy (non-hydrogen) atoms. The lowest BCUT2D eigenvalue weighted by atomic mass is 10.1. The van der Waals surface area contributed by atoms with Crippen LogP contribution >= 0.6 is 0 Å². The molecule has 0 fully saturated rings. The third kappa shape index (κ3) is 4.30. The molecule has 1 radical (unpaired) electrons. The van der Waals surface area contributed by atoms with Crippen molar-refractivity contribution >= 4 is 11.8 Å². The predicted molar refractivity (Wildman–Crippen MR) is 70.9 cm³/mol. The van der Waals surface area contributed by atoms with Crippen LogP contribution in [-0.4, -0.2) is 33.5 Å². The van der Waals surface area contributed by atoms with Gasteiger partial charge in [-0.2, -0.15) is 5.32 Å². The molecule has 1 aromatic carbocycles. The van der Waals surface area contributed by atoms with Gasteiger partial charge >= 0.3 is 0 Å². The molecule has 0 aromatic heterocycles. The molecule has 2 amide bonds. The van der Waals surface area contributed by atoms with Crippen LogP contribution in [-0.2, 0) is 16.1 Å². The van der Waals surface area contributed by atoms with Crippen LogP contribution in [0.15, 0.2) is 30.3 Å². The van der Waals surface area contributed by atoms with E-state index in [0.717, 1.165) is 19.4 Å². The van der Waals surface area contributed by atoms with Crippen molar-refractivity contribution < 1.29 is 19.8 Å². The number of nitrogens with one attached hydrogen (secondary N) is 1. The second-order valence-electron chi connectivity index (χ2n) is 4.69. The van der Waals surface area contributed by atoms with Crippen molar-refractivity contribution in [2.24, 2.45) is 5.73 Å². The summed E-state index contributed by atoms with van der Waals surface area (Å²) in [6.07, 6.45) is 0. The number of carbonyl (C=O) groups is 2. The fourth-order valence-corrected chi connectivity index (χ4v) is 1.48. The van der Waals surface area contributed by atoms with E-state index in [9.17, 15) is 19.8 Å². The highest BCUT2D eigenvalue weighted by Crippen LogP contribution is 2.10. The van der Waals surface area contributed by atoms with E-state index in [0.29, 0.717) is 0 Å². The lowest BCUT2D eigenvalue weighted by molar-refractivity contribution is -0.161. The zero-order chi connectivity index (χ0) is 15.4. The first kappa shape index (κ1) is 16.1. The summed E-state index contributed by atoms with van der Waals surface area (Å²) < 4.78 is 0. The largest absolute Gasteiger partial charge is 0.366 e. The van der Waals surface area contributed by atoms with Gasteiger partial charge in [-0.25, -0.2) is 0 Å². The van der Waals surface area contributed by atoms with Crippen molar-refractivity contribution in [2.75, 3.05) is 0 Å². The van der Waals surface area contributed by atoms with E-state index >= 15 is 0 Å². The number of aliphatic hydroxyl groups is 2. The van der Waals surface area contributed by atoms with Crippen molar-refractivity contribution in [3.63, 3.8) is 0 Å². The third-order valence-corrected chi connectivity index (χ3v) is 2.63. The molecule has 0 aliphatic carbocycles. The van der Waals surface area contributed by atoms with E-state index in [-0.39, 0.29) is 6.54 Å². The standard InChI is InChI=1S/C13H18N3O4/c1-12(19,10(14)17)16-13(2,20)11(18)15-8-9-6-4-3-5-7-9/h3-7,19-20H,8H2,1-2H3,(H2,14,17)(H,15,18). The molecule has 7 heteroatoms. The van der Waals surface area contributed by atoms with Crippen molar-refractivity contribution in [1.82, 2.24) is 10.6 Å². The van der Waals surface area contributed by atoms with Crippen LogP contribution in [0.1, 0.15) is 19.4 Å². The molecule has 109 valence electrons. The number of nitrogens with two attached hydrogens (primary N) is 1. The normalized spacial score (nSPS) is 16.8. The third-order valence-electron chi connectivity index (χ3n) is 2.63. The molecule has 0 aliphatic heterocycles. The summed E-state index contributed by atoms with van der Waals surface area (Å²) in [7, 11) is 0. The van der Waals surface area contributed by atoms with Crippen LogP contribution in [0, 0.1) is 0 Å². The number of hydrogen-bond donors (Lipinski definition) is 4. The van der Waals surface area contributed by atoms with Crippen LogP contribution in [0.4, 0.5) is 0 Å². The highest BCUT2D eigenvalue weighted by Gasteiger charge is 2.42. The van der Waals surface area contributed by atoms with Crippen molar-refractivity contribution in [3.8, 4) is 0 Å². The molecule has 0 saturated heterocycles.